The maximum atomic E-state index is 5.06. The van der Waals surface area contributed by atoms with Crippen molar-refractivity contribution in [3.8, 4) is 0 Å². The van der Waals surface area contributed by atoms with Gasteiger partial charge in [-0.25, -0.2) is 11.5 Å². The van der Waals surface area contributed by atoms with Gasteiger partial charge >= 0.3 is 5.11 Å². The second kappa shape index (κ2) is 6.49. The Morgan fingerprint density at radius 2 is 2.00 bits per heavy atom. The maximum absolute atomic E-state index is 5.06. The summed E-state index contributed by atoms with van der Waals surface area (Å²) in [7, 11) is 0. The fraction of sp³-hybridized carbons (Fsp3) is 0.667. The molecule has 4 N–H and O–H groups in total. The molecule has 0 atom stereocenters. The monoisotopic (exact) mass is 185 g/mol. The Bertz CT molecular complexity index is 60.0. The van der Waals surface area contributed by atoms with E-state index in [-0.39, 0.29) is 17.0 Å². The van der Waals surface area contributed by atoms with Crippen LogP contribution in [0.25, 0.3) is 0 Å². The van der Waals surface area contributed by atoms with Gasteiger partial charge in [0.2, 0.25) is 11.4 Å². The molecule has 0 rings (SSSR count). The SMILES string of the molecule is Br.CC[S+]=C(N)N. The highest BCUT2D eigenvalue weighted by Gasteiger charge is 1.88. The summed E-state index contributed by atoms with van der Waals surface area (Å²) in [6.07, 6.45) is 0. The van der Waals surface area contributed by atoms with E-state index < -0.39 is 0 Å². The van der Waals surface area contributed by atoms with Crippen molar-refractivity contribution < 1.29 is 0 Å². The van der Waals surface area contributed by atoms with Gasteiger partial charge in [-0.3, -0.25) is 0 Å². The summed E-state index contributed by atoms with van der Waals surface area (Å²) in [5.41, 5.74) is 10.1. The molecule has 0 aromatic rings. The molecule has 0 aliphatic carbocycles. The normalized spacial score (nSPS) is 6.71. The Kier molecular flexibility index (Phi) is 9.70. The van der Waals surface area contributed by atoms with Crippen LogP contribution in [0.15, 0.2) is 0 Å². The largest absolute Gasteiger partial charge is 0.314 e. The predicted molar refractivity (Wildman–Crippen MR) is 41.6 cm³/mol. The van der Waals surface area contributed by atoms with Crippen LogP contribution >= 0.6 is 17.0 Å². The van der Waals surface area contributed by atoms with Gasteiger partial charge in [-0.1, -0.05) is 0 Å². The smallest absolute Gasteiger partial charge is 0.243 e. The molecule has 2 nitrogen and oxygen atoms in total. The highest BCUT2D eigenvalue weighted by molar-refractivity contribution is 8.93. The predicted octanol–water partition coefficient (Wildman–Crippen LogP) is -0.328. The summed E-state index contributed by atoms with van der Waals surface area (Å²) in [5.74, 6) is 0.961. The van der Waals surface area contributed by atoms with Gasteiger partial charge in [0.25, 0.3) is 0 Å². The zero-order chi connectivity index (χ0) is 4.99. The minimum absolute atomic E-state index is 0. The van der Waals surface area contributed by atoms with E-state index in [0.29, 0.717) is 5.11 Å². The van der Waals surface area contributed by atoms with Crippen LogP contribution in [0, 0.1) is 0 Å². The van der Waals surface area contributed by atoms with Gasteiger partial charge in [0.1, 0.15) is 0 Å². The molecule has 0 unspecified atom stereocenters. The quantitative estimate of drug-likeness (QED) is 0.435. The lowest BCUT2D eigenvalue weighted by atomic mass is 11.0. The minimum Gasteiger partial charge on any atom is -0.243 e. The molecule has 0 fully saturated rings. The molecule has 0 aliphatic rings. The molecule has 0 radical (unpaired) electrons. The van der Waals surface area contributed by atoms with Crippen LogP contribution in [0.1, 0.15) is 6.92 Å². The first-order chi connectivity index (χ1) is 2.77. The lowest BCUT2D eigenvalue weighted by molar-refractivity contribution is 1.53. The lowest BCUT2D eigenvalue weighted by Gasteiger charge is -1.63. The van der Waals surface area contributed by atoms with Gasteiger partial charge in [0.05, 0.1) is 0 Å². The summed E-state index contributed by atoms with van der Waals surface area (Å²) in [6.45, 7) is 2.00. The molecule has 0 spiro atoms. The fourth-order valence-corrected chi connectivity index (χ4v) is 0.500. The van der Waals surface area contributed by atoms with Gasteiger partial charge in [-0.05, 0) is 6.92 Å². The summed E-state index contributed by atoms with van der Waals surface area (Å²) < 4.78 is 0. The van der Waals surface area contributed by atoms with E-state index in [1.165, 1.54) is 11.4 Å². The topological polar surface area (TPSA) is 52.0 Å². The van der Waals surface area contributed by atoms with E-state index >= 15 is 0 Å². The Morgan fingerprint density at radius 1 is 1.57 bits per heavy atom. The molecule has 0 aromatic heterocycles. The van der Waals surface area contributed by atoms with Crippen molar-refractivity contribution in [1.29, 1.82) is 0 Å². The zero-order valence-corrected chi connectivity index (χ0v) is 6.71. The van der Waals surface area contributed by atoms with Gasteiger partial charge in [-0.2, -0.15) is 0 Å². The van der Waals surface area contributed by atoms with Crippen molar-refractivity contribution in [2.45, 2.75) is 6.92 Å². The summed E-state index contributed by atoms with van der Waals surface area (Å²) >= 11 is 1.46. The maximum Gasteiger partial charge on any atom is 0.314 e. The Balaban J connectivity index is 0. The highest BCUT2D eigenvalue weighted by atomic mass is 79.9. The van der Waals surface area contributed by atoms with Gasteiger partial charge in [0.15, 0.2) is 5.75 Å². The highest BCUT2D eigenvalue weighted by Crippen LogP contribution is 1.51. The lowest BCUT2D eigenvalue weighted by Crippen LogP contribution is -2.23. The first-order valence-corrected chi connectivity index (χ1v) is 2.76. The molecule has 4 heteroatoms. The summed E-state index contributed by atoms with van der Waals surface area (Å²) in [5, 5.41) is 0.456. The second-order valence-corrected chi connectivity index (χ2v) is 2.17. The van der Waals surface area contributed by atoms with Crippen LogP contribution < -0.4 is 11.5 Å². The van der Waals surface area contributed by atoms with Crippen LogP contribution in [0.3, 0.4) is 0 Å². The second-order valence-electron chi connectivity index (χ2n) is 0.835. The first kappa shape index (κ1) is 10.5. The van der Waals surface area contributed by atoms with Crippen molar-refractivity contribution in [2.24, 2.45) is 11.5 Å². The molecule has 7 heavy (non-hydrogen) atoms. The molecule has 0 bridgehead atoms. The molecule has 0 aliphatic heterocycles. The Hall–Kier alpha value is 0.490. The van der Waals surface area contributed by atoms with Gasteiger partial charge in [0, 0.05) is 0 Å². The van der Waals surface area contributed by atoms with Crippen LogP contribution in [-0.2, 0) is 11.4 Å². The van der Waals surface area contributed by atoms with Crippen molar-refractivity contribution in [3.63, 3.8) is 0 Å². The Labute approximate surface area is 58.0 Å². The number of hydrogen-bond donors (Lipinski definition) is 2. The van der Waals surface area contributed by atoms with E-state index in [0.717, 1.165) is 5.75 Å². The molecular weight excluding hydrogens is 176 g/mol. The average molecular weight is 186 g/mol. The molecule has 44 valence electrons. The third-order valence-corrected chi connectivity index (χ3v) is 0.933. The van der Waals surface area contributed by atoms with E-state index in [1.54, 1.807) is 0 Å². The molecule has 0 saturated heterocycles. The molecule has 0 aromatic carbocycles. The number of rotatable bonds is 1. The molecular formula is C3H10BrN2S+. The van der Waals surface area contributed by atoms with Crippen LogP contribution in [-0.4, -0.2) is 10.9 Å². The minimum atomic E-state index is 0. The molecule has 0 saturated carbocycles. The van der Waals surface area contributed by atoms with Crippen molar-refractivity contribution in [2.75, 3.05) is 5.75 Å². The van der Waals surface area contributed by atoms with Gasteiger partial charge in [-0.15, -0.1) is 17.0 Å². The standard InChI is InChI=1S/C3H9N2S.BrH/c1-2-6-3(4)5;/h2,4-5H2,1H3;1H/q+1;. The van der Waals surface area contributed by atoms with Gasteiger partial charge < -0.3 is 0 Å². The summed E-state index contributed by atoms with van der Waals surface area (Å²) in [6, 6.07) is 0. The third-order valence-electron chi connectivity index (χ3n) is 0.311. The summed E-state index contributed by atoms with van der Waals surface area (Å²) in [4.78, 5) is 0. The van der Waals surface area contributed by atoms with Crippen LogP contribution in [0.2, 0.25) is 0 Å². The van der Waals surface area contributed by atoms with E-state index in [9.17, 15) is 0 Å². The van der Waals surface area contributed by atoms with E-state index in [1.807, 2.05) is 6.92 Å². The fourth-order valence-electron chi connectivity index (χ4n) is 0.167. The van der Waals surface area contributed by atoms with E-state index in [2.05, 4.69) is 0 Å². The van der Waals surface area contributed by atoms with Crippen molar-refractivity contribution in [1.82, 2.24) is 0 Å². The van der Waals surface area contributed by atoms with Crippen LogP contribution in [0.5, 0.6) is 0 Å². The van der Waals surface area contributed by atoms with Crippen LogP contribution in [0.4, 0.5) is 0 Å². The number of hydrogen-bond acceptors (Lipinski definition) is 0. The third kappa shape index (κ3) is 10.7. The van der Waals surface area contributed by atoms with Crippen molar-refractivity contribution in [3.05, 3.63) is 0 Å². The first-order valence-electron chi connectivity index (χ1n) is 1.78. The average Bonchev–Trinajstić information content (AvgIpc) is 1.35. The molecule has 0 heterocycles. The zero-order valence-electron chi connectivity index (χ0n) is 4.18. The Morgan fingerprint density at radius 3 is 2.00 bits per heavy atom. The molecule has 0 amide bonds. The van der Waals surface area contributed by atoms with E-state index in [4.69, 9.17) is 11.5 Å². The number of nitrogens with two attached hydrogens (primary N) is 2. The van der Waals surface area contributed by atoms with Crippen molar-refractivity contribution >= 4 is 33.4 Å². The number of halogens is 1.